The predicted octanol–water partition coefficient (Wildman–Crippen LogP) is 1.65. The van der Waals surface area contributed by atoms with E-state index in [9.17, 15) is 5.11 Å². The molecule has 16 heavy (non-hydrogen) atoms. The Balaban J connectivity index is 1.73. The summed E-state index contributed by atoms with van der Waals surface area (Å²) in [5, 5.41) is 14.0. The molecular weight excluding hydrogens is 200 g/mol. The molecule has 1 aromatic heterocycles. The molecule has 0 amide bonds. The van der Waals surface area contributed by atoms with Gasteiger partial charge in [-0.05, 0) is 49.3 Å². The Morgan fingerprint density at radius 3 is 2.44 bits per heavy atom. The maximum absolute atomic E-state index is 10.4. The van der Waals surface area contributed by atoms with E-state index in [-0.39, 0.29) is 6.10 Å². The first-order valence-corrected chi connectivity index (χ1v) is 6.17. The highest BCUT2D eigenvalue weighted by Crippen LogP contribution is 2.37. The smallest absolute Gasteiger partial charge is 0.0820 e. The number of aliphatic hydroxyl groups is 1. The minimum absolute atomic E-state index is 0.312. The van der Waals surface area contributed by atoms with Gasteiger partial charge in [0.15, 0.2) is 0 Å². The lowest BCUT2D eigenvalue weighted by Gasteiger charge is -2.32. The Bertz CT molecular complexity index is 342. The summed E-state index contributed by atoms with van der Waals surface area (Å²) in [7, 11) is 0. The summed E-state index contributed by atoms with van der Waals surface area (Å²) in [6.45, 7) is 0. The number of pyridine rings is 1. The molecule has 0 aliphatic carbocycles. The van der Waals surface area contributed by atoms with Gasteiger partial charge in [-0.25, -0.2) is 0 Å². The van der Waals surface area contributed by atoms with Crippen molar-refractivity contribution < 1.29 is 5.11 Å². The lowest BCUT2D eigenvalue weighted by atomic mass is 9.85. The van der Waals surface area contributed by atoms with Gasteiger partial charge in [-0.3, -0.25) is 4.98 Å². The number of aliphatic hydroxyl groups excluding tert-OH is 1. The lowest BCUT2D eigenvalue weighted by Crippen LogP contribution is -2.39. The van der Waals surface area contributed by atoms with Gasteiger partial charge in [0, 0.05) is 24.5 Å². The van der Waals surface area contributed by atoms with Crippen LogP contribution in [-0.4, -0.2) is 22.2 Å². The zero-order valence-electron chi connectivity index (χ0n) is 9.34. The lowest BCUT2D eigenvalue weighted by molar-refractivity contribution is 0.0760. The fourth-order valence-electron chi connectivity index (χ4n) is 3.19. The van der Waals surface area contributed by atoms with Crippen molar-refractivity contribution in [2.45, 2.75) is 43.9 Å². The third-order valence-electron chi connectivity index (χ3n) is 4.00. The van der Waals surface area contributed by atoms with E-state index >= 15 is 0 Å². The molecule has 3 heteroatoms. The van der Waals surface area contributed by atoms with Crippen molar-refractivity contribution in [3.63, 3.8) is 0 Å². The van der Waals surface area contributed by atoms with Gasteiger partial charge in [0.1, 0.15) is 0 Å². The van der Waals surface area contributed by atoms with Gasteiger partial charge in [-0.15, -0.1) is 0 Å². The molecule has 3 nitrogen and oxygen atoms in total. The van der Waals surface area contributed by atoms with Crippen LogP contribution >= 0.6 is 0 Å². The highest BCUT2D eigenvalue weighted by atomic mass is 16.3. The molecule has 86 valence electrons. The average molecular weight is 218 g/mol. The van der Waals surface area contributed by atoms with Gasteiger partial charge in [-0.1, -0.05) is 0 Å². The Hall–Kier alpha value is -0.930. The SMILES string of the molecule is O[C@@H](c1ccncc1)C1C[C@H]2CC[C@@H](C1)N2. The van der Waals surface area contributed by atoms with E-state index < -0.39 is 0 Å². The standard InChI is InChI=1S/C13H18N2O/c16-13(9-3-5-14-6-4-9)10-7-11-1-2-12(8-10)15-11/h3-6,10-13,15-16H,1-2,7-8H2/t10?,11-,12+,13-/m0/s1. The molecule has 0 spiro atoms. The van der Waals surface area contributed by atoms with Gasteiger partial charge < -0.3 is 10.4 Å². The van der Waals surface area contributed by atoms with Gasteiger partial charge in [0.25, 0.3) is 0 Å². The molecule has 0 radical (unpaired) electrons. The number of nitrogens with one attached hydrogen (secondary N) is 1. The number of aromatic nitrogens is 1. The first kappa shape index (κ1) is 10.2. The molecule has 2 bridgehead atoms. The first-order valence-electron chi connectivity index (χ1n) is 6.17. The molecule has 2 fully saturated rings. The quantitative estimate of drug-likeness (QED) is 0.793. The van der Waals surface area contributed by atoms with Crippen LogP contribution in [0.2, 0.25) is 0 Å². The minimum atomic E-state index is -0.312. The van der Waals surface area contributed by atoms with Crippen molar-refractivity contribution in [3.05, 3.63) is 30.1 Å². The predicted molar refractivity (Wildman–Crippen MR) is 61.9 cm³/mol. The third-order valence-corrected chi connectivity index (χ3v) is 4.00. The van der Waals surface area contributed by atoms with Gasteiger partial charge >= 0.3 is 0 Å². The number of piperidine rings is 1. The van der Waals surface area contributed by atoms with Crippen LogP contribution in [0.5, 0.6) is 0 Å². The molecule has 2 aliphatic rings. The van der Waals surface area contributed by atoms with Crippen LogP contribution in [0.15, 0.2) is 24.5 Å². The summed E-state index contributed by atoms with van der Waals surface area (Å²) in [5.74, 6) is 0.418. The number of nitrogens with zero attached hydrogens (tertiary/aromatic N) is 1. The van der Waals surface area contributed by atoms with E-state index in [0.717, 1.165) is 18.4 Å². The summed E-state index contributed by atoms with van der Waals surface area (Å²) in [4.78, 5) is 3.99. The second kappa shape index (κ2) is 4.15. The molecule has 1 aromatic rings. The third kappa shape index (κ3) is 1.85. The number of rotatable bonds is 2. The first-order chi connectivity index (χ1) is 7.83. The zero-order valence-corrected chi connectivity index (χ0v) is 9.34. The van der Waals surface area contributed by atoms with Crippen molar-refractivity contribution in [1.82, 2.24) is 10.3 Å². The Morgan fingerprint density at radius 1 is 1.19 bits per heavy atom. The van der Waals surface area contributed by atoms with Crippen molar-refractivity contribution in [3.8, 4) is 0 Å². The Labute approximate surface area is 95.9 Å². The second-order valence-corrected chi connectivity index (χ2v) is 5.09. The normalized spacial score (nSPS) is 34.9. The summed E-state index contributed by atoms with van der Waals surface area (Å²) >= 11 is 0. The van der Waals surface area contributed by atoms with E-state index in [4.69, 9.17) is 0 Å². The molecule has 0 aromatic carbocycles. The number of fused-ring (bicyclic) bond motifs is 2. The van der Waals surface area contributed by atoms with Crippen LogP contribution in [0.3, 0.4) is 0 Å². The summed E-state index contributed by atoms with van der Waals surface area (Å²) in [5.41, 5.74) is 1.02. The van der Waals surface area contributed by atoms with Crippen LogP contribution in [0.4, 0.5) is 0 Å². The zero-order chi connectivity index (χ0) is 11.0. The van der Waals surface area contributed by atoms with E-state index in [1.165, 1.54) is 12.8 Å². The van der Waals surface area contributed by atoms with E-state index in [2.05, 4.69) is 10.3 Å². The van der Waals surface area contributed by atoms with Crippen LogP contribution in [0.25, 0.3) is 0 Å². The Kier molecular flexibility index (Phi) is 2.65. The van der Waals surface area contributed by atoms with Gasteiger partial charge in [0.05, 0.1) is 6.10 Å². The number of hydrogen-bond donors (Lipinski definition) is 2. The molecule has 2 N–H and O–H groups in total. The average Bonchev–Trinajstić information content (AvgIpc) is 2.68. The van der Waals surface area contributed by atoms with Crippen LogP contribution < -0.4 is 5.32 Å². The molecular formula is C13H18N2O. The van der Waals surface area contributed by atoms with Gasteiger partial charge in [-0.2, -0.15) is 0 Å². The molecule has 2 saturated heterocycles. The number of hydrogen-bond acceptors (Lipinski definition) is 3. The molecule has 3 rings (SSSR count). The fourth-order valence-corrected chi connectivity index (χ4v) is 3.19. The summed E-state index contributed by atoms with van der Waals surface area (Å²) < 4.78 is 0. The van der Waals surface area contributed by atoms with Crippen LogP contribution in [0.1, 0.15) is 37.4 Å². The molecule has 3 heterocycles. The van der Waals surface area contributed by atoms with Crippen molar-refractivity contribution in [2.24, 2.45) is 5.92 Å². The summed E-state index contributed by atoms with van der Waals surface area (Å²) in [6, 6.07) is 5.13. The highest BCUT2D eigenvalue weighted by Gasteiger charge is 2.36. The van der Waals surface area contributed by atoms with E-state index in [1.807, 2.05) is 12.1 Å². The fraction of sp³-hybridized carbons (Fsp3) is 0.615. The maximum Gasteiger partial charge on any atom is 0.0820 e. The monoisotopic (exact) mass is 218 g/mol. The minimum Gasteiger partial charge on any atom is -0.388 e. The maximum atomic E-state index is 10.4. The van der Waals surface area contributed by atoms with Crippen molar-refractivity contribution in [1.29, 1.82) is 0 Å². The second-order valence-electron chi connectivity index (χ2n) is 5.09. The van der Waals surface area contributed by atoms with E-state index in [0.29, 0.717) is 18.0 Å². The van der Waals surface area contributed by atoms with Gasteiger partial charge in [0.2, 0.25) is 0 Å². The Morgan fingerprint density at radius 2 is 1.81 bits per heavy atom. The van der Waals surface area contributed by atoms with Crippen LogP contribution in [-0.2, 0) is 0 Å². The van der Waals surface area contributed by atoms with Crippen LogP contribution in [0, 0.1) is 5.92 Å². The topological polar surface area (TPSA) is 45.2 Å². The van der Waals surface area contributed by atoms with E-state index in [1.54, 1.807) is 12.4 Å². The molecule has 0 saturated carbocycles. The molecule has 2 aliphatic heterocycles. The molecule has 1 unspecified atom stereocenters. The van der Waals surface area contributed by atoms with Crippen molar-refractivity contribution in [2.75, 3.05) is 0 Å². The highest BCUT2D eigenvalue weighted by molar-refractivity contribution is 5.15. The summed E-state index contributed by atoms with van der Waals surface area (Å²) in [6.07, 6.45) is 7.99. The molecule has 4 atom stereocenters. The van der Waals surface area contributed by atoms with Crippen molar-refractivity contribution >= 4 is 0 Å². The largest absolute Gasteiger partial charge is 0.388 e.